The van der Waals surface area contributed by atoms with Crippen molar-refractivity contribution in [2.75, 3.05) is 27.4 Å². The lowest BCUT2D eigenvalue weighted by atomic mass is 10.1. The van der Waals surface area contributed by atoms with Crippen molar-refractivity contribution in [1.82, 2.24) is 5.32 Å². The highest BCUT2D eigenvalue weighted by molar-refractivity contribution is 9.10. The van der Waals surface area contributed by atoms with Crippen molar-refractivity contribution in [2.24, 2.45) is 0 Å². The fraction of sp³-hybridized carbons (Fsp3) is 0.417. The highest BCUT2D eigenvalue weighted by Crippen LogP contribution is 2.36. The number of phenols is 1. The molecule has 0 saturated carbocycles. The number of rotatable bonds is 6. The highest BCUT2D eigenvalue weighted by atomic mass is 79.9. The van der Waals surface area contributed by atoms with Crippen LogP contribution in [0.1, 0.15) is 11.6 Å². The van der Waals surface area contributed by atoms with Crippen LogP contribution in [-0.4, -0.2) is 32.5 Å². The zero-order chi connectivity index (χ0) is 13.5. The number of nitrogens with one attached hydrogen (secondary N) is 1. The van der Waals surface area contributed by atoms with Gasteiger partial charge in [-0.05, 0) is 33.6 Å². The predicted molar refractivity (Wildman–Crippen MR) is 70.6 cm³/mol. The summed E-state index contributed by atoms with van der Waals surface area (Å²) in [7, 11) is 3.06. The molecule has 98 valence electrons. The van der Waals surface area contributed by atoms with Crippen LogP contribution >= 0.6 is 15.9 Å². The van der Waals surface area contributed by atoms with Crippen molar-refractivity contribution in [1.29, 1.82) is 5.26 Å². The SMILES string of the molecule is COCCNC(C#N)c1cc(Br)c(O)c(OC)c1. The second-order valence-electron chi connectivity index (χ2n) is 3.56. The Morgan fingerprint density at radius 3 is 2.78 bits per heavy atom. The third-order valence-electron chi connectivity index (χ3n) is 2.39. The van der Waals surface area contributed by atoms with Crippen molar-refractivity contribution in [3.05, 3.63) is 22.2 Å². The van der Waals surface area contributed by atoms with E-state index in [9.17, 15) is 5.11 Å². The number of aromatic hydroxyl groups is 1. The van der Waals surface area contributed by atoms with Crippen molar-refractivity contribution in [3.63, 3.8) is 0 Å². The number of halogens is 1. The number of nitrogens with zero attached hydrogens (tertiary/aromatic N) is 1. The van der Waals surface area contributed by atoms with Crippen LogP contribution in [0.5, 0.6) is 11.5 Å². The molecule has 5 nitrogen and oxygen atoms in total. The number of hydrogen-bond donors (Lipinski definition) is 2. The van der Waals surface area contributed by atoms with Crippen LogP contribution in [0.3, 0.4) is 0 Å². The van der Waals surface area contributed by atoms with Gasteiger partial charge in [0.05, 0.1) is 24.3 Å². The smallest absolute Gasteiger partial charge is 0.172 e. The fourth-order valence-electron chi connectivity index (χ4n) is 1.46. The molecule has 1 aromatic rings. The van der Waals surface area contributed by atoms with Crippen LogP contribution in [0.4, 0.5) is 0 Å². The van der Waals surface area contributed by atoms with E-state index in [1.54, 1.807) is 19.2 Å². The summed E-state index contributed by atoms with van der Waals surface area (Å²) in [5.74, 6) is 0.350. The largest absolute Gasteiger partial charge is 0.503 e. The molecule has 1 rings (SSSR count). The standard InChI is InChI=1S/C12H15BrN2O3/c1-17-4-3-15-10(7-14)8-5-9(13)12(16)11(6-8)18-2/h5-6,10,15-16H,3-4H2,1-2H3. The minimum atomic E-state index is -0.481. The van der Waals surface area contributed by atoms with Gasteiger partial charge in [0, 0.05) is 13.7 Å². The number of methoxy groups -OCH3 is 2. The molecule has 0 spiro atoms. The Kier molecular flexibility index (Phi) is 5.92. The first-order chi connectivity index (χ1) is 8.63. The number of hydrogen-bond acceptors (Lipinski definition) is 5. The lowest BCUT2D eigenvalue weighted by molar-refractivity contribution is 0.198. The maximum atomic E-state index is 9.70. The maximum Gasteiger partial charge on any atom is 0.172 e. The van der Waals surface area contributed by atoms with E-state index in [0.29, 0.717) is 23.4 Å². The second-order valence-corrected chi connectivity index (χ2v) is 4.42. The normalized spacial score (nSPS) is 11.9. The minimum absolute atomic E-state index is 0.0230. The van der Waals surface area contributed by atoms with E-state index in [2.05, 4.69) is 27.3 Å². The summed E-state index contributed by atoms with van der Waals surface area (Å²) in [6.07, 6.45) is 0. The van der Waals surface area contributed by atoms with Crippen molar-refractivity contribution >= 4 is 15.9 Å². The molecular weight excluding hydrogens is 300 g/mol. The van der Waals surface area contributed by atoms with Crippen LogP contribution in [-0.2, 0) is 4.74 Å². The Labute approximate surface area is 114 Å². The van der Waals surface area contributed by atoms with E-state index in [-0.39, 0.29) is 5.75 Å². The molecule has 0 aliphatic rings. The molecule has 0 aromatic heterocycles. The molecule has 0 amide bonds. The van der Waals surface area contributed by atoms with Gasteiger partial charge in [-0.1, -0.05) is 0 Å². The molecule has 1 unspecified atom stereocenters. The van der Waals surface area contributed by atoms with Gasteiger partial charge in [0.25, 0.3) is 0 Å². The molecule has 0 bridgehead atoms. The number of benzene rings is 1. The maximum absolute atomic E-state index is 9.70. The molecule has 0 radical (unpaired) electrons. The summed E-state index contributed by atoms with van der Waals surface area (Å²) in [6.45, 7) is 1.09. The molecule has 0 saturated heterocycles. The first-order valence-electron chi connectivity index (χ1n) is 5.32. The molecule has 2 N–H and O–H groups in total. The molecule has 18 heavy (non-hydrogen) atoms. The average molecular weight is 315 g/mol. The molecule has 0 aliphatic carbocycles. The molecule has 1 atom stereocenters. The highest BCUT2D eigenvalue weighted by Gasteiger charge is 2.15. The summed E-state index contributed by atoms with van der Waals surface area (Å²) in [5, 5.41) is 21.9. The first-order valence-corrected chi connectivity index (χ1v) is 6.11. The van der Waals surface area contributed by atoms with Gasteiger partial charge in [-0.15, -0.1) is 0 Å². The van der Waals surface area contributed by atoms with Gasteiger partial charge in [0.15, 0.2) is 11.5 Å². The van der Waals surface area contributed by atoms with E-state index in [4.69, 9.17) is 14.7 Å². The van der Waals surface area contributed by atoms with Crippen LogP contribution < -0.4 is 10.1 Å². The van der Waals surface area contributed by atoms with Crippen molar-refractivity contribution < 1.29 is 14.6 Å². The summed E-state index contributed by atoms with van der Waals surface area (Å²) >= 11 is 3.23. The molecule has 0 fully saturated rings. The van der Waals surface area contributed by atoms with Gasteiger partial charge in [-0.2, -0.15) is 5.26 Å². The summed E-state index contributed by atoms with van der Waals surface area (Å²) in [6, 6.07) is 4.99. The van der Waals surface area contributed by atoms with Crippen molar-refractivity contribution in [3.8, 4) is 17.6 Å². The molecule has 0 aliphatic heterocycles. The Morgan fingerprint density at radius 2 is 2.22 bits per heavy atom. The topological polar surface area (TPSA) is 74.5 Å². The Hall–Kier alpha value is -1.29. The Morgan fingerprint density at radius 1 is 1.50 bits per heavy atom. The predicted octanol–water partition coefficient (Wildman–Crippen LogP) is 1.96. The quantitative estimate of drug-likeness (QED) is 0.785. The fourth-order valence-corrected chi connectivity index (χ4v) is 1.92. The molecular formula is C12H15BrN2O3. The van der Waals surface area contributed by atoms with Crippen LogP contribution in [0, 0.1) is 11.3 Å². The molecule has 6 heteroatoms. The third-order valence-corrected chi connectivity index (χ3v) is 2.99. The first kappa shape index (κ1) is 14.8. The van der Waals surface area contributed by atoms with E-state index >= 15 is 0 Å². The van der Waals surface area contributed by atoms with E-state index < -0.39 is 6.04 Å². The number of ether oxygens (including phenoxy) is 2. The second kappa shape index (κ2) is 7.21. The van der Waals surface area contributed by atoms with Gasteiger partial charge in [-0.25, -0.2) is 0 Å². The summed E-state index contributed by atoms with van der Waals surface area (Å²) in [5.41, 5.74) is 0.718. The van der Waals surface area contributed by atoms with Gasteiger partial charge >= 0.3 is 0 Å². The summed E-state index contributed by atoms with van der Waals surface area (Å²) in [4.78, 5) is 0. The minimum Gasteiger partial charge on any atom is -0.503 e. The average Bonchev–Trinajstić information content (AvgIpc) is 2.38. The van der Waals surface area contributed by atoms with Gasteiger partial charge in [-0.3, -0.25) is 5.32 Å². The van der Waals surface area contributed by atoms with E-state index in [1.807, 2.05) is 0 Å². The zero-order valence-corrected chi connectivity index (χ0v) is 11.8. The Balaban J connectivity index is 2.93. The lowest BCUT2D eigenvalue weighted by Crippen LogP contribution is -2.24. The van der Waals surface area contributed by atoms with E-state index in [1.165, 1.54) is 7.11 Å². The third kappa shape index (κ3) is 3.60. The van der Waals surface area contributed by atoms with Crippen LogP contribution in [0.15, 0.2) is 16.6 Å². The van der Waals surface area contributed by atoms with E-state index in [0.717, 1.165) is 5.56 Å². The van der Waals surface area contributed by atoms with Crippen LogP contribution in [0.25, 0.3) is 0 Å². The van der Waals surface area contributed by atoms with Gasteiger partial charge in [0.2, 0.25) is 0 Å². The van der Waals surface area contributed by atoms with Gasteiger partial charge in [0.1, 0.15) is 6.04 Å². The molecule has 1 aromatic carbocycles. The summed E-state index contributed by atoms with van der Waals surface area (Å²) < 4.78 is 10.5. The zero-order valence-electron chi connectivity index (χ0n) is 10.2. The van der Waals surface area contributed by atoms with Gasteiger partial charge < -0.3 is 14.6 Å². The number of nitriles is 1. The number of phenolic OH excluding ortho intramolecular Hbond substituents is 1. The Bertz CT molecular complexity index is 446. The monoisotopic (exact) mass is 314 g/mol. The van der Waals surface area contributed by atoms with Crippen molar-refractivity contribution in [2.45, 2.75) is 6.04 Å². The molecule has 0 heterocycles. The van der Waals surface area contributed by atoms with Crippen LogP contribution in [0.2, 0.25) is 0 Å². The lowest BCUT2D eigenvalue weighted by Gasteiger charge is -2.14.